The van der Waals surface area contributed by atoms with E-state index in [-0.39, 0.29) is 44.3 Å². The molecule has 9 nitrogen and oxygen atoms in total. The van der Waals surface area contributed by atoms with Gasteiger partial charge in [-0.05, 0) is 34.4 Å². The summed E-state index contributed by atoms with van der Waals surface area (Å²) in [5.41, 5.74) is 3.71. The molecule has 0 fully saturated rings. The van der Waals surface area contributed by atoms with Gasteiger partial charge in [0.2, 0.25) is 0 Å². The number of nitrogens with zero attached hydrogens (tertiary/aromatic N) is 1. The zero-order valence-electron chi connectivity index (χ0n) is 28.2. The van der Waals surface area contributed by atoms with Crippen LogP contribution in [0.2, 0.25) is 0 Å². The summed E-state index contributed by atoms with van der Waals surface area (Å²) in [4.78, 5) is 24.5. The van der Waals surface area contributed by atoms with Gasteiger partial charge in [0, 0.05) is 12.1 Å². The Morgan fingerprint density at radius 2 is 1.04 bits per heavy atom. The summed E-state index contributed by atoms with van der Waals surface area (Å²) < 4.78 is 32.1. The molecular formula is C42H41NO8. The maximum atomic E-state index is 13.7. The van der Waals surface area contributed by atoms with Crippen LogP contribution in [0.15, 0.2) is 158 Å². The van der Waals surface area contributed by atoms with E-state index in [0.717, 1.165) is 22.3 Å². The second-order valence-electron chi connectivity index (χ2n) is 11.8. The van der Waals surface area contributed by atoms with Crippen molar-refractivity contribution in [2.75, 3.05) is 6.61 Å². The highest BCUT2D eigenvalue weighted by atomic mass is 16.6. The van der Waals surface area contributed by atoms with E-state index >= 15 is 0 Å². The third-order valence-electron chi connectivity index (χ3n) is 8.07. The largest absolute Gasteiger partial charge is 0.453 e. The molecule has 0 bridgehead atoms. The average molecular weight is 688 g/mol. The molecule has 0 unspecified atom stereocenters. The van der Waals surface area contributed by atoms with Crippen LogP contribution in [0.25, 0.3) is 0 Å². The normalized spacial score (nSPS) is 13.4. The summed E-state index contributed by atoms with van der Waals surface area (Å²) in [6.45, 7) is 4.94. The van der Waals surface area contributed by atoms with Crippen molar-refractivity contribution >= 4 is 11.7 Å². The van der Waals surface area contributed by atoms with Crippen LogP contribution in [-0.4, -0.2) is 41.9 Å². The Hall–Kier alpha value is -5.45. The Morgan fingerprint density at radius 3 is 1.49 bits per heavy atom. The molecule has 0 saturated carbocycles. The number of non-ortho nitro benzene ring substituents is 1. The van der Waals surface area contributed by atoms with Crippen molar-refractivity contribution in [3.8, 4) is 0 Å². The van der Waals surface area contributed by atoms with E-state index in [1.54, 1.807) is 6.08 Å². The molecule has 0 aliphatic carbocycles. The van der Waals surface area contributed by atoms with Crippen molar-refractivity contribution in [1.29, 1.82) is 0 Å². The molecule has 5 aromatic carbocycles. The highest BCUT2D eigenvalue weighted by Crippen LogP contribution is 2.25. The molecule has 0 spiro atoms. The van der Waals surface area contributed by atoms with Gasteiger partial charge >= 0.3 is 5.97 Å². The molecular weight excluding hydrogens is 646 g/mol. The molecule has 262 valence electrons. The van der Waals surface area contributed by atoms with E-state index in [1.165, 1.54) is 24.3 Å². The number of esters is 1. The molecule has 0 radical (unpaired) electrons. The van der Waals surface area contributed by atoms with Crippen molar-refractivity contribution in [3.05, 3.63) is 196 Å². The van der Waals surface area contributed by atoms with Crippen LogP contribution in [0.4, 0.5) is 5.69 Å². The molecule has 9 heteroatoms. The number of hydrogen-bond acceptors (Lipinski definition) is 8. The summed E-state index contributed by atoms with van der Waals surface area (Å²) >= 11 is 0. The lowest BCUT2D eigenvalue weighted by Crippen LogP contribution is -2.51. The highest BCUT2D eigenvalue weighted by Gasteiger charge is 2.39. The Bertz CT molecular complexity index is 1770. The van der Waals surface area contributed by atoms with Crippen LogP contribution in [0.1, 0.15) is 32.6 Å². The zero-order valence-corrected chi connectivity index (χ0v) is 28.2. The van der Waals surface area contributed by atoms with Crippen LogP contribution in [0, 0.1) is 10.1 Å². The lowest BCUT2D eigenvalue weighted by Gasteiger charge is -2.36. The molecule has 0 N–H and O–H groups in total. The lowest BCUT2D eigenvalue weighted by molar-refractivity contribution is -0.384. The van der Waals surface area contributed by atoms with Crippen LogP contribution in [0.3, 0.4) is 0 Å². The van der Waals surface area contributed by atoms with Crippen LogP contribution >= 0.6 is 0 Å². The summed E-state index contributed by atoms with van der Waals surface area (Å²) in [7, 11) is 0. The van der Waals surface area contributed by atoms with Crippen molar-refractivity contribution in [2.45, 2.75) is 50.8 Å². The number of benzene rings is 5. The van der Waals surface area contributed by atoms with Crippen LogP contribution < -0.4 is 0 Å². The Labute approximate surface area is 298 Å². The van der Waals surface area contributed by atoms with E-state index in [2.05, 4.69) is 6.58 Å². The summed E-state index contributed by atoms with van der Waals surface area (Å²) in [6.07, 6.45) is -1.80. The van der Waals surface area contributed by atoms with Crippen LogP contribution in [0.5, 0.6) is 0 Å². The SMILES string of the molecule is C=C[C@H](OCc1ccccc1)[C@@H](OCc1ccccc1)[C@@H](OCc1ccccc1)[C@H](COCc1ccccc1)OC(=O)c1ccc([N+](=O)[O-])cc1. The summed E-state index contributed by atoms with van der Waals surface area (Å²) in [5.74, 6) is -0.700. The van der Waals surface area contributed by atoms with Gasteiger partial charge in [-0.2, -0.15) is 0 Å². The number of rotatable bonds is 20. The fourth-order valence-electron chi connectivity index (χ4n) is 5.38. The Balaban J connectivity index is 1.49. The summed E-state index contributed by atoms with van der Waals surface area (Å²) in [5, 5.41) is 11.3. The number of ether oxygens (including phenoxy) is 5. The number of nitro groups is 1. The van der Waals surface area contributed by atoms with Gasteiger partial charge in [-0.15, -0.1) is 6.58 Å². The first-order chi connectivity index (χ1) is 25.0. The molecule has 0 aromatic heterocycles. The fourth-order valence-corrected chi connectivity index (χ4v) is 5.38. The minimum absolute atomic E-state index is 0.0547. The monoisotopic (exact) mass is 687 g/mol. The lowest BCUT2D eigenvalue weighted by atomic mass is 10.0. The van der Waals surface area contributed by atoms with Crippen molar-refractivity contribution < 1.29 is 33.4 Å². The minimum Gasteiger partial charge on any atom is -0.453 e. The quantitative estimate of drug-likeness (QED) is 0.0348. The first-order valence-corrected chi connectivity index (χ1v) is 16.7. The number of hydrogen-bond donors (Lipinski definition) is 0. The van der Waals surface area contributed by atoms with E-state index in [0.29, 0.717) is 0 Å². The second kappa shape index (κ2) is 19.7. The van der Waals surface area contributed by atoms with Gasteiger partial charge in [0.15, 0.2) is 6.10 Å². The molecule has 0 amide bonds. The summed E-state index contributed by atoms with van der Waals surface area (Å²) in [6, 6.07) is 44.0. The van der Waals surface area contributed by atoms with E-state index in [9.17, 15) is 14.9 Å². The predicted octanol–water partition coefficient (Wildman–Crippen LogP) is 8.28. The number of nitro benzene ring substituents is 1. The van der Waals surface area contributed by atoms with Gasteiger partial charge in [0.25, 0.3) is 5.69 Å². The molecule has 0 saturated heterocycles. The van der Waals surface area contributed by atoms with E-state index in [4.69, 9.17) is 23.7 Å². The number of carbonyl (C=O) groups is 1. The molecule has 0 heterocycles. The first kappa shape index (κ1) is 36.8. The predicted molar refractivity (Wildman–Crippen MR) is 194 cm³/mol. The fraction of sp³-hybridized carbons (Fsp3) is 0.214. The maximum absolute atomic E-state index is 13.7. The van der Waals surface area contributed by atoms with Gasteiger partial charge in [0.05, 0.1) is 43.5 Å². The maximum Gasteiger partial charge on any atom is 0.338 e. The van der Waals surface area contributed by atoms with Gasteiger partial charge < -0.3 is 23.7 Å². The highest BCUT2D eigenvalue weighted by molar-refractivity contribution is 5.89. The molecule has 0 aliphatic rings. The molecule has 51 heavy (non-hydrogen) atoms. The van der Waals surface area contributed by atoms with E-state index in [1.807, 2.05) is 121 Å². The smallest absolute Gasteiger partial charge is 0.338 e. The van der Waals surface area contributed by atoms with Crippen LogP contribution in [-0.2, 0) is 50.1 Å². The number of carbonyl (C=O) groups excluding carboxylic acids is 1. The Kier molecular flexibility index (Phi) is 14.2. The van der Waals surface area contributed by atoms with Crippen molar-refractivity contribution in [3.63, 3.8) is 0 Å². The topological polar surface area (TPSA) is 106 Å². The van der Waals surface area contributed by atoms with Gasteiger partial charge in [-0.1, -0.05) is 127 Å². The molecule has 4 atom stereocenters. The Morgan fingerprint density at radius 1 is 0.608 bits per heavy atom. The van der Waals surface area contributed by atoms with Gasteiger partial charge in [0.1, 0.15) is 18.3 Å². The zero-order chi connectivity index (χ0) is 35.7. The second-order valence-corrected chi connectivity index (χ2v) is 11.8. The van der Waals surface area contributed by atoms with E-state index < -0.39 is 35.3 Å². The molecule has 0 aliphatic heterocycles. The molecule has 5 rings (SSSR count). The third kappa shape index (κ3) is 11.6. The van der Waals surface area contributed by atoms with Crippen molar-refractivity contribution in [1.82, 2.24) is 0 Å². The van der Waals surface area contributed by atoms with Gasteiger partial charge in [-0.3, -0.25) is 10.1 Å². The third-order valence-corrected chi connectivity index (χ3v) is 8.07. The minimum atomic E-state index is -1.01. The van der Waals surface area contributed by atoms with Crippen molar-refractivity contribution in [2.24, 2.45) is 0 Å². The standard InChI is InChI=1S/C42H41NO8/c1-2-38(48-28-33-17-9-4-10-18-33)40(49-29-34-19-11-5-12-20-34)41(50-30-35-21-13-6-14-22-35)39(31-47-27-32-15-7-3-8-16-32)51-42(44)36-23-25-37(26-24-36)43(45)46/h2-26,38-41H,1,27-31H2/t38-,39-,40+,41-/m0/s1. The first-order valence-electron chi connectivity index (χ1n) is 16.7. The van der Waals surface area contributed by atoms with Gasteiger partial charge in [-0.25, -0.2) is 4.79 Å². The average Bonchev–Trinajstić information content (AvgIpc) is 3.18. The molecule has 5 aromatic rings.